The predicted molar refractivity (Wildman–Crippen MR) is 131 cm³/mol. The van der Waals surface area contributed by atoms with E-state index < -0.39 is 0 Å². The van der Waals surface area contributed by atoms with E-state index in [0.717, 1.165) is 47.3 Å². The van der Waals surface area contributed by atoms with Crippen LogP contribution in [0.15, 0.2) is 24.3 Å². The van der Waals surface area contributed by atoms with E-state index in [1.807, 2.05) is 6.07 Å². The number of benzene rings is 1. The van der Waals surface area contributed by atoms with E-state index in [1.165, 1.54) is 11.3 Å². The third-order valence-electron chi connectivity index (χ3n) is 6.66. The van der Waals surface area contributed by atoms with E-state index in [0.29, 0.717) is 35.0 Å². The summed E-state index contributed by atoms with van der Waals surface area (Å²) in [5, 5.41) is 8.01. The molecule has 3 atom stereocenters. The lowest BCUT2D eigenvalue weighted by atomic mass is 9.83. The summed E-state index contributed by atoms with van der Waals surface area (Å²) in [4.78, 5) is 48.6. The van der Waals surface area contributed by atoms with Gasteiger partial charge in [0.05, 0.1) is 11.7 Å². The molecule has 0 spiro atoms. The molecule has 3 aromatic rings. The molecule has 3 heterocycles. The fourth-order valence-electron chi connectivity index (χ4n) is 4.78. The number of aldehydes is 1. The van der Waals surface area contributed by atoms with Crippen LogP contribution in [0.1, 0.15) is 50.1 Å². The SMILES string of the molecule is CN1CCc2nc(C(=O)N[C@@H]3CC[C@@H](C=O)C[C@@H]3NC(=O)c3cc4cc(Cl)ccc4[nH]3)sc2C1. The number of thiazole rings is 1. The highest BCUT2D eigenvalue weighted by atomic mass is 35.5. The zero-order valence-corrected chi connectivity index (χ0v) is 20.3. The third-order valence-corrected chi connectivity index (χ3v) is 7.98. The number of likely N-dealkylation sites (N-methyl/N-ethyl adjacent to an activating group) is 1. The topological polar surface area (TPSA) is 107 Å². The number of carbonyl (C=O) groups excluding carboxylic acids is 3. The average Bonchev–Trinajstić information content (AvgIpc) is 3.43. The quantitative estimate of drug-likeness (QED) is 0.467. The van der Waals surface area contributed by atoms with Gasteiger partial charge in [0.15, 0.2) is 5.01 Å². The molecule has 2 amide bonds. The molecule has 0 unspecified atom stereocenters. The van der Waals surface area contributed by atoms with E-state index in [9.17, 15) is 14.4 Å². The van der Waals surface area contributed by atoms with Crippen molar-refractivity contribution in [3.8, 4) is 0 Å². The zero-order valence-electron chi connectivity index (χ0n) is 18.8. The number of nitrogens with zero attached hydrogens (tertiary/aromatic N) is 2. The van der Waals surface area contributed by atoms with Crippen molar-refractivity contribution in [1.82, 2.24) is 25.5 Å². The van der Waals surface area contributed by atoms with Crippen LogP contribution in [0.4, 0.5) is 0 Å². The first-order chi connectivity index (χ1) is 16.4. The molecule has 178 valence electrons. The van der Waals surface area contributed by atoms with E-state index >= 15 is 0 Å². The number of amides is 2. The number of hydrogen-bond acceptors (Lipinski definition) is 6. The Morgan fingerprint density at radius 1 is 1.21 bits per heavy atom. The van der Waals surface area contributed by atoms with Crippen molar-refractivity contribution >= 4 is 51.9 Å². The van der Waals surface area contributed by atoms with Crippen molar-refractivity contribution in [1.29, 1.82) is 0 Å². The Bertz CT molecular complexity index is 1250. The number of fused-ring (bicyclic) bond motifs is 2. The van der Waals surface area contributed by atoms with Crippen molar-refractivity contribution in [2.45, 2.75) is 44.3 Å². The number of carbonyl (C=O) groups is 3. The molecule has 10 heteroatoms. The van der Waals surface area contributed by atoms with Crippen LogP contribution in [0.5, 0.6) is 0 Å². The summed E-state index contributed by atoms with van der Waals surface area (Å²) in [5.41, 5.74) is 2.22. The summed E-state index contributed by atoms with van der Waals surface area (Å²) in [6.07, 6.45) is 3.54. The van der Waals surface area contributed by atoms with Gasteiger partial charge in [0.2, 0.25) is 0 Å². The van der Waals surface area contributed by atoms with Gasteiger partial charge in [0.1, 0.15) is 12.0 Å². The summed E-state index contributed by atoms with van der Waals surface area (Å²) in [5.74, 6) is -0.658. The standard InChI is InChI=1S/C24H26ClN5O3S/c1-30-7-6-18-21(11-30)34-24(29-18)23(33)27-17-4-2-13(12-31)8-19(17)28-22(32)20-10-14-9-15(25)3-5-16(14)26-20/h3,5,9-10,12-13,17,19,26H,2,4,6-8,11H2,1H3,(H,27,33)(H,28,32)/t13-,17-,19+/m1/s1. The average molecular weight is 500 g/mol. The minimum atomic E-state index is -0.365. The van der Waals surface area contributed by atoms with Crippen molar-refractivity contribution < 1.29 is 14.4 Å². The van der Waals surface area contributed by atoms with Crippen molar-refractivity contribution in [2.75, 3.05) is 13.6 Å². The first-order valence-corrected chi connectivity index (χ1v) is 12.6. The van der Waals surface area contributed by atoms with Gasteiger partial charge >= 0.3 is 0 Å². The third kappa shape index (κ3) is 4.73. The summed E-state index contributed by atoms with van der Waals surface area (Å²) in [7, 11) is 2.06. The van der Waals surface area contributed by atoms with Crippen LogP contribution in [0, 0.1) is 5.92 Å². The number of aromatic amines is 1. The van der Waals surface area contributed by atoms with E-state index in [-0.39, 0.29) is 29.8 Å². The van der Waals surface area contributed by atoms with E-state index in [1.54, 1.807) is 18.2 Å². The molecule has 1 aliphatic heterocycles. The fourth-order valence-corrected chi connectivity index (χ4v) is 6.05. The van der Waals surface area contributed by atoms with Crippen LogP contribution in [0.25, 0.3) is 10.9 Å². The molecule has 3 N–H and O–H groups in total. The summed E-state index contributed by atoms with van der Waals surface area (Å²) in [6, 6.07) is 6.48. The van der Waals surface area contributed by atoms with Crippen molar-refractivity contribution in [3.05, 3.63) is 50.6 Å². The van der Waals surface area contributed by atoms with Crippen LogP contribution >= 0.6 is 22.9 Å². The van der Waals surface area contributed by atoms with E-state index in [4.69, 9.17) is 11.6 Å². The summed E-state index contributed by atoms with van der Waals surface area (Å²) in [6.45, 7) is 1.74. The molecule has 0 bridgehead atoms. The normalized spacial score (nSPS) is 22.8. The van der Waals surface area contributed by atoms with Crippen LogP contribution in [-0.2, 0) is 17.8 Å². The Balaban J connectivity index is 1.31. The molecule has 0 saturated heterocycles. The highest BCUT2D eigenvalue weighted by Gasteiger charge is 2.34. The van der Waals surface area contributed by atoms with Gasteiger partial charge in [-0.1, -0.05) is 11.6 Å². The number of halogens is 1. The number of aromatic nitrogens is 2. The largest absolute Gasteiger partial charge is 0.351 e. The van der Waals surface area contributed by atoms with Gasteiger partial charge in [-0.3, -0.25) is 9.59 Å². The molecule has 2 aliphatic rings. The lowest BCUT2D eigenvalue weighted by Crippen LogP contribution is -2.54. The number of H-pyrrole nitrogens is 1. The number of nitrogens with one attached hydrogen (secondary N) is 3. The lowest BCUT2D eigenvalue weighted by Gasteiger charge is -2.35. The molecule has 1 aliphatic carbocycles. The Morgan fingerprint density at radius 3 is 2.85 bits per heavy atom. The Kier molecular flexibility index (Phi) is 6.42. The lowest BCUT2D eigenvalue weighted by molar-refractivity contribution is -0.112. The first kappa shape index (κ1) is 23.0. The Labute approximate surface area is 206 Å². The first-order valence-electron chi connectivity index (χ1n) is 11.4. The molecule has 5 rings (SSSR count). The minimum absolute atomic E-state index is 0.150. The number of rotatable bonds is 5. The Morgan fingerprint density at radius 2 is 2.03 bits per heavy atom. The highest BCUT2D eigenvalue weighted by Crippen LogP contribution is 2.27. The summed E-state index contributed by atoms with van der Waals surface area (Å²) >= 11 is 7.49. The van der Waals surface area contributed by atoms with Crippen molar-refractivity contribution in [2.24, 2.45) is 5.92 Å². The van der Waals surface area contributed by atoms with Crippen LogP contribution < -0.4 is 10.6 Å². The second-order valence-corrected chi connectivity index (χ2v) is 10.7. The highest BCUT2D eigenvalue weighted by molar-refractivity contribution is 7.13. The summed E-state index contributed by atoms with van der Waals surface area (Å²) < 4.78 is 0. The van der Waals surface area contributed by atoms with Crippen LogP contribution in [-0.4, -0.2) is 58.6 Å². The van der Waals surface area contributed by atoms with Gasteiger partial charge in [0, 0.05) is 52.3 Å². The number of hydrogen-bond donors (Lipinski definition) is 3. The minimum Gasteiger partial charge on any atom is -0.351 e. The molecule has 2 aromatic heterocycles. The maximum absolute atomic E-state index is 13.0. The molecule has 0 radical (unpaired) electrons. The molecular weight excluding hydrogens is 474 g/mol. The van der Waals surface area contributed by atoms with Gasteiger partial charge in [0.25, 0.3) is 11.8 Å². The van der Waals surface area contributed by atoms with Gasteiger partial charge in [-0.15, -0.1) is 11.3 Å². The van der Waals surface area contributed by atoms with Crippen LogP contribution in [0.3, 0.4) is 0 Å². The predicted octanol–water partition coefficient (Wildman–Crippen LogP) is 3.16. The molecule has 1 saturated carbocycles. The van der Waals surface area contributed by atoms with Crippen molar-refractivity contribution in [3.63, 3.8) is 0 Å². The molecule has 8 nitrogen and oxygen atoms in total. The Hall–Kier alpha value is -2.75. The smallest absolute Gasteiger partial charge is 0.280 e. The maximum Gasteiger partial charge on any atom is 0.280 e. The fraction of sp³-hybridized carbons (Fsp3) is 0.417. The second kappa shape index (κ2) is 9.48. The molecule has 1 fully saturated rings. The van der Waals surface area contributed by atoms with E-state index in [2.05, 4.69) is 32.5 Å². The van der Waals surface area contributed by atoms with Crippen LogP contribution in [0.2, 0.25) is 5.02 Å². The molecular formula is C24H26ClN5O3S. The zero-order chi connectivity index (χ0) is 23.8. The van der Waals surface area contributed by atoms with Gasteiger partial charge < -0.3 is 25.3 Å². The van der Waals surface area contributed by atoms with Gasteiger partial charge in [-0.2, -0.15) is 0 Å². The maximum atomic E-state index is 13.0. The molecule has 34 heavy (non-hydrogen) atoms. The second-order valence-electron chi connectivity index (χ2n) is 9.16. The molecule has 1 aromatic carbocycles. The van der Waals surface area contributed by atoms with Gasteiger partial charge in [-0.05, 0) is 50.6 Å². The van der Waals surface area contributed by atoms with Gasteiger partial charge in [-0.25, -0.2) is 4.98 Å². The monoisotopic (exact) mass is 499 g/mol.